The van der Waals surface area contributed by atoms with Crippen LogP contribution in [0.1, 0.15) is 24.8 Å². The van der Waals surface area contributed by atoms with Crippen molar-refractivity contribution in [3.63, 3.8) is 0 Å². The number of nitrogens with zero attached hydrogens (tertiary/aromatic N) is 3. The minimum absolute atomic E-state index is 0. The maximum absolute atomic E-state index is 12.1. The number of benzene rings is 1. The molecule has 1 unspecified atom stereocenters. The smallest absolute Gasteiger partial charge is 0.241 e. The van der Waals surface area contributed by atoms with Crippen LogP contribution < -0.4 is 10.6 Å². The molecule has 2 N–H and O–H groups in total. The summed E-state index contributed by atoms with van der Waals surface area (Å²) >= 11 is 0. The van der Waals surface area contributed by atoms with Crippen molar-refractivity contribution >= 4 is 36.4 Å². The van der Waals surface area contributed by atoms with Crippen molar-refractivity contribution in [1.29, 1.82) is 0 Å². The first-order valence-corrected chi connectivity index (χ1v) is 7.27. The van der Waals surface area contributed by atoms with Gasteiger partial charge in [0.25, 0.3) is 0 Å². The van der Waals surface area contributed by atoms with Crippen LogP contribution in [0.4, 0.5) is 5.69 Å². The number of anilines is 1. The number of carbonyl (C=O) groups is 1. The molecule has 6 nitrogen and oxygen atoms in total. The predicted molar refractivity (Wildman–Crippen MR) is 94.3 cm³/mol. The summed E-state index contributed by atoms with van der Waals surface area (Å²) in [4.78, 5) is 16.0. The zero-order valence-electron chi connectivity index (χ0n) is 12.6. The minimum Gasteiger partial charge on any atom is -0.325 e. The third kappa shape index (κ3) is 5.49. The van der Waals surface area contributed by atoms with Crippen LogP contribution in [0.25, 0.3) is 0 Å². The van der Waals surface area contributed by atoms with Gasteiger partial charge in [-0.15, -0.1) is 24.8 Å². The van der Waals surface area contributed by atoms with E-state index in [1.54, 1.807) is 11.0 Å². The van der Waals surface area contributed by atoms with E-state index in [1.807, 2.05) is 24.3 Å². The fourth-order valence-corrected chi connectivity index (χ4v) is 2.50. The number of amides is 1. The molecule has 2 heterocycles. The monoisotopic (exact) mass is 357 g/mol. The summed E-state index contributed by atoms with van der Waals surface area (Å²) in [7, 11) is 0. The predicted octanol–water partition coefficient (Wildman–Crippen LogP) is 2.25. The van der Waals surface area contributed by atoms with Gasteiger partial charge in [0, 0.05) is 5.69 Å². The lowest BCUT2D eigenvalue weighted by atomic mass is 10.0. The van der Waals surface area contributed by atoms with Crippen LogP contribution in [0, 0.1) is 0 Å². The normalized spacial score (nSPS) is 16.8. The molecule has 0 saturated carbocycles. The Bertz CT molecular complexity index is 582. The van der Waals surface area contributed by atoms with Gasteiger partial charge in [0.2, 0.25) is 5.91 Å². The van der Waals surface area contributed by atoms with Crippen LogP contribution in [0.5, 0.6) is 0 Å². The molecule has 3 rings (SSSR count). The first-order chi connectivity index (χ1) is 10.3. The molecule has 0 bridgehead atoms. The molecular weight excluding hydrogens is 337 g/mol. The van der Waals surface area contributed by atoms with Crippen LogP contribution in [0.15, 0.2) is 36.9 Å². The summed E-state index contributed by atoms with van der Waals surface area (Å²) in [6, 6.07) is 7.77. The number of hydrogen-bond acceptors (Lipinski definition) is 4. The van der Waals surface area contributed by atoms with Gasteiger partial charge in [-0.3, -0.25) is 4.79 Å². The Morgan fingerprint density at radius 1 is 1.26 bits per heavy atom. The van der Waals surface area contributed by atoms with Gasteiger partial charge < -0.3 is 10.6 Å². The second-order valence-electron chi connectivity index (χ2n) is 5.28. The number of aromatic nitrogens is 3. The van der Waals surface area contributed by atoms with Crippen LogP contribution in [-0.4, -0.2) is 33.3 Å². The number of carbonyl (C=O) groups excluding carboxylic acids is 1. The summed E-state index contributed by atoms with van der Waals surface area (Å²) in [5.74, 6) is 0.0544. The Balaban J connectivity index is 0.00000132. The van der Waals surface area contributed by atoms with Crippen molar-refractivity contribution in [3.05, 3.63) is 42.5 Å². The Morgan fingerprint density at radius 2 is 2.04 bits per heavy atom. The third-order valence-corrected chi connectivity index (χ3v) is 3.66. The van der Waals surface area contributed by atoms with Gasteiger partial charge in [-0.1, -0.05) is 18.6 Å². The van der Waals surface area contributed by atoms with E-state index in [0.29, 0.717) is 6.54 Å². The quantitative estimate of drug-likeness (QED) is 0.880. The summed E-state index contributed by atoms with van der Waals surface area (Å²) in [6.07, 6.45) is 6.38. The van der Waals surface area contributed by atoms with Crippen LogP contribution in [0.2, 0.25) is 0 Å². The van der Waals surface area contributed by atoms with Gasteiger partial charge in [-0.2, -0.15) is 5.10 Å². The first-order valence-electron chi connectivity index (χ1n) is 7.27. The van der Waals surface area contributed by atoms with Gasteiger partial charge >= 0.3 is 0 Å². The van der Waals surface area contributed by atoms with E-state index in [2.05, 4.69) is 20.7 Å². The highest BCUT2D eigenvalue weighted by molar-refractivity contribution is 5.94. The molecule has 0 radical (unpaired) electrons. The molecule has 1 aromatic heterocycles. The average Bonchev–Trinajstić information content (AvgIpc) is 3.03. The number of rotatable bonds is 4. The lowest BCUT2D eigenvalue weighted by molar-refractivity contribution is -0.118. The van der Waals surface area contributed by atoms with E-state index in [4.69, 9.17) is 0 Å². The van der Waals surface area contributed by atoms with Crippen LogP contribution >= 0.6 is 24.8 Å². The second kappa shape index (κ2) is 9.50. The molecule has 126 valence electrons. The molecule has 0 spiro atoms. The van der Waals surface area contributed by atoms with Gasteiger partial charge in [0.15, 0.2) is 0 Å². The molecule has 1 saturated heterocycles. The molecule has 0 aliphatic carbocycles. The molecule has 1 aliphatic rings. The molecule has 1 aliphatic heterocycles. The Hall–Kier alpha value is -1.63. The van der Waals surface area contributed by atoms with Crippen molar-refractivity contribution in [2.45, 2.75) is 31.8 Å². The van der Waals surface area contributed by atoms with Crippen molar-refractivity contribution in [2.75, 3.05) is 11.9 Å². The van der Waals surface area contributed by atoms with Crippen LogP contribution in [-0.2, 0) is 11.3 Å². The molecule has 1 fully saturated rings. The largest absolute Gasteiger partial charge is 0.325 e. The van der Waals surface area contributed by atoms with Gasteiger partial charge in [0.05, 0.1) is 12.6 Å². The van der Waals surface area contributed by atoms with E-state index in [1.165, 1.54) is 6.33 Å². The highest BCUT2D eigenvalue weighted by atomic mass is 35.5. The van der Waals surface area contributed by atoms with Gasteiger partial charge in [-0.25, -0.2) is 9.67 Å². The molecule has 1 atom stereocenters. The fourth-order valence-electron chi connectivity index (χ4n) is 2.50. The maximum Gasteiger partial charge on any atom is 0.241 e. The summed E-state index contributed by atoms with van der Waals surface area (Å²) < 4.78 is 1.76. The summed E-state index contributed by atoms with van der Waals surface area (Å²) in [6.45, 7) is 1.60. The lowest BCUT2D eigenvalue weighted by Gasteiger charge is -2.22. The zero-order chi connectivity index (χ0) is 14.5. The van der Waals surface area contributed by atoms with E-state index < -0.39 is 0 Å². The SMILES string of the molecule is Cl.Cl.O=C(Nc1ccc(Cn2cncn2)cc1)C1CCCCN1. The molecule has 1 aromatic carbocycles. The van der Waals surface area contributed by atoms with E-state index >= 15 is 0 Å². The van der Waals surface area contributed by atoms with Gasteiger partial charge in [-0.05, 0) is 37.1 Å². The first kappa shape index (κ1) is 19.4. The molecule has 23 heavy (non-hydrogen) atoms. The zero-order valence-corrected chi connectivity index (χ0v) is 14.3. The van der Waals surface area contributed by atoms with Crippen molar-refractivity contribution in [2.24, 2.45) is 0 Å². The summed E-state index contributed by atoms with van der Waals surface area (Å²) in [5.41, 5.74) is 1.95. The average molecular weight is 358 g/mol. The Morgan fingerprint density at radius 3 is 2.65 bits per heavy atom. The Kier molecular flexibility index (Phi) is 8.02. The second-order valence-corrected chi connectivity index (χ2v) is 5.28. The number of piperidine rings is 1. The van der Waals surface area contributed by atoms with E-state index in [0.717, 1.165) is 37.1 Å². The minimum atomic E-state index is -0.0615. The topological polar surface area (TPSA) is 71.8 Å². The summed E-state index contributed by atoms with van der Waals surface area (Å²) in [5, 5.41) is 10.3. The highest BCUT2D eigenvalue weighted by Crippen LogP contribution is 2.13. The maximum atomic E-state index is 12.1. The fraction of sp³-hybridized carbons (Fsp3) is 0.400. The molecule has 1 amide bonds. The Labute approximate surface area is 147 Å². The molecule has 8 heteroatoms. The number of nitrogens with one attached hydrogen (secondary N) is 2. The third-order valence-electron chi connectivity index (χ3n) is 3.66. The lowest BCUT2D eigenvalue weighted by Crippen LogP contribution is -2.43. The highest BCUT2D eigenvalue weighted by Gasteiger charge is 2.20. The number of halogens is 2. The van der Waals surface area contributed by atoms with Crippen LogP contribution in [0.3, 0.4) is 0 Å². The molecular formula is C15H21Cl2N5O. The van der Waals surface area contributed by atoms with E-state index in [-0.39, 0.29) is 36.8 Å². The van der Waals surface area contributed by atoms with Crippen molar-refractivity contribution < 1.29 is 4.79 Å². The molecule has 2 aromatic rings. The van der Waals surface area contributed by atoms with E-state index in [9.17, 15) is 4.79 Å². The number of hydrogen-bond donors (Lipinski definition) is 2. The van der Waals surface area contributed by atoms with Crippen molar-refractivity contribution in [1.82, 2.24) is 20.1 Å². The van der Waals surface area contributed by atoms with Crippen molar-refractivity contribution in [3.8, 4) is 0 Å². The van der Waals surface area contributed by atoms with Gasteiger partial charge in [0.1, 0.15) is 12.7 Å². The standard InChI is InChI=1S/C15H19N5O.2ClH/c21-15(14-3-1-2-8-17-14)19-13-6-4-12(5-7-13)9-20-11-16-10-18-20;;/h4-7,10-11,14,17H,1-3,8-9H2,(H,19,21);2*1H.